The summed E-state index contributed by atoms with van der Waals surface area (Å²) in [6, 6.07) is 14.1. The minimum atomic E-state index is -0.0790. The van der Waals surface area contributed by atoms with Gasteiger partial charge in [0, 0.05) is 35.5 Å². The number of para-hydroxylation sites is 1. The molecular weight excluding hydrogens is 355 g/mol. The highest BCUT2D eigenvalue weighted by molar-refractivity contribution is 6.42. The van der Waals surface area contributed by atoms with Crippen LogP contribution in [0.25, 0.3) is 10.9 Å². The van der Waals surface area contributed by atoms with E-state index in [2.05, 4.69) is 16.4 Å². The molecule has 1 atom stereocenters. The third-order valence-corrected chi connectivity index (χ3v) is 5.41. The maximum Gasteiger partial charge on any atom is 0.221 e. The lowest BCUT2D eigenvalue weighted by Crippen LogP contribution is -2.27. The second-order valence-electron chi connectivity index (χ2n) is 6.56. The van der Waals surface area contributed by atoms with Crippen LogP contribution in [0.4, 0.5) is 0 Å². The maximum absolute atomic E-state index is 12.5. The number of nitrogens with one attached hydrogen (secondary N) is 2. The minimum Gasteiger partial charge on any atom is -0.361 e. The van der Waals surface area contributed by atoms with E-state index in [0.717, 1.165) is 34.9 Å². The minimum absolute atomic E-state index is 0.0730. The molecule has 4 rings (SSSR count). The summed E-state index contributed by atoms with van der Waals surface area (Å²) in [7, 11) is 0. The van der Waals surface area contributed by atoms with Gasteiger partial charge >= 0.3 is 0 Å². The Hall–Kier alpha value is -1.97. The first kappa shape index (κ1) is 16.5. The molecule has 0 radical (unpaired) electrons. The molecule has 128 valence electrons. The Morgan fingerprint density at radius 3 is 2.72 bits per heavy atom. The molecule has 1 fully saturated rings. The van der Waals surface area contributed by atoms with Gasteiger partial charge < -0.3 is 10.3 Å². The van der Waals surface area contributed by atoms with E-state index in [0.29, 0.717) is 22.5 Å². The van der Waals surface area contributed by atoms with E-state index in [1.54, 1.807) is 6.07 Å². The van der Waals surface area contributed by atoms with Crippen molar-refractivity contribution in [2.75, 3.05) is 0 Å². The first-order chi connectivity index (χ1) is 12.1. The number of hydrogen-bond acceptors (Lipinski definition) is 1. The van der Waals surface area contributed by atoms with Crippen molar-refractivity contribution in [3.8, 4) is 0 Å². The number of benzene rings is 2. The molecule has 3 nitrogen and oxygen atoms in total. The van der Waals surface area contributed by atoms with Crippen LogP contribution in [0, 0.1) is 0 Å². The van der Waals surface area contributed by atoms with Gasteiger partial charge in [0.1, 0.15) is 0 Å². The lowest BCUT2D eigenvalue weighted by molar-refractivity contribution is -0.121. The SMILES string of the molecule is O=C(C[C@@H](c1ccc(Cl)c(Cl)c1)c1c[nH]c2ccccc12)NC1CC1. The highest BCUT2D eigenvalue weighted by Gasteiger charge is 2.27. The second kappa shape index (κ2) is 6.74. The lowest BCUT2D eigenvalue weighted by Gasteiger charge is -2.18. The van der Waals surface area contributed by atoms with Crippen LogP contribution in [0.5, 0.6) is 0 Å². The smallest absolute Gasteiger partial charge is 0.221 e. The molecule has 1 aliphatic rings. The highest BCUT2D eigenvalue weighted by Crippen LogP contribution is 2.36. The molecule has 1 amide bonds. The van der Waals surface area contributed by atoms with Crippen molar-refractivity contribution in [3.63, 3.8) is 0 Å². The summed E-state index contributed by atoms with van der Waals surface area (Å²) in [5.74, 6) is -0.00600. The summed E-state index contributed by atoms with van der Waals surface area (Å²) < 4.78 is 0. The highest BCUT2D eigenvalue weighted by atomic mass is 35.5. The summed E-state index contributed by atoms with van der Waals surface area (Å²) in [5, 5.41) is 5.23. The molecular formula is C20H18Cl2N2O. The molecule has 2 aromatic carbocycles. The van der Waals surface area contributed by atoms with Gasteiger partial charge in [0.2, 0.25) is 5.91 Å². The Balaban J connectivity index is 1.74. The van der Waals surface area contributed by atoms with Gasteiger partial charge in [-0.15, -0.1) is 0 Å². The molecule has 25 heavy (non-hydrogen) atoms. The van der Waals surface area contributed by atoms with Gasteiger partial charge in [0.05, 0.1) is 10.0 Å². The molecule has 0 saturated heterocycles. The number of carbonyl (C=O) groups excluding carboxylic acids is 1. The van der Waals surface area contributed by atoms with Crippen LogP contribution in [0.15, 0.2) is 48.7 Å². The molecule has 1 aliphatic carbocycles. The molecule has 0 spiro atoms. The summed E-state index contributed by atoms with van der Waals surface area (Å²) in [5.41, 5.74) is 3.15. The molecule has 1 heterocycles. The zero-order valence-corrected chi connectivity index (χ0v) is 15.1. The van der Waals surface area contributed by atoms with Crippen molar-refractivity contribution >= 4 is 40.0 Å². The third-order valence-electron chi connectivity index (χ3n) is 4.67. The van der Waals surface area contributed by atoms with Crippen molar-refractivity contribution in [1.82, 2.24) is 10.3 Å². The first-order valence-electron chi connectivity index (χ1n) is 8.42. The molecule has 1 aromatic heterocycles. The van der Waals surface area contributed by atoms with Gasteiger partial charge in [-0.05, 0) is 42.2 Å². The molecule has 5 heteroatoms. The fourth-order valence-corrected chi connectivity index (χ4v) is 3.52. The molecule has 0 bridgehead atoms. The Labute approximate surface area is 156 Å². The van der Waals surface area contributed by atoms with E-state index in [1.807, 2.05) is 36.5 Å². The Kier molecular flexibility index (Phi) is 4.45. The number of aromatic amines is 1. The Morgan fingerprint density at radius 2 is 1.96 bits per heavy atom. The molecule has 0 unspecified atom stereocenters. The quantitative estimate of drug-likeness (QED) is 0.628. The Morgan fingerprint density at radius 1 is 1.16 bits per heavy atom. The Bertz CT molecular complexity index is 930. The van der Waals surface area contributed by atoms with Gasteiger partial charge in [-0.25, -0.2) is 0 Å². The number of H-pyrrole nitrogens is 1. The number of aromatic nitrogens is 1. The summed E-state index contributed by atoms with van der Waals surface area (Å²) in [6.45, 7) is 0. The van der Waals surface area contributed by atoms with Crippen molar-refractivity contribution in [2.24, 2.45) is 0 Å². The van der Waals surface area contributed by atoms with Crippen molar-refractivity contribution in [2.45, 2.75) is 31.2 Å². The van der Waals surface area contributed by atoms with Gasteiger partial charge in [-0.1, -0.05) is 47.5 Å². The second-order valence-corrected chi connectivity index (χ2v) is 7.38. The summed E-state index contributed by atoms with van der Waals surface area (Å²) in [6.07, 6.45) is 4.53. The van der Waals surface area contributed by atoms with Crippen LogP contribution >= 0.6 is 23.2 Å². The van der Waals surface area contributed by atoms with Gasteiger partial charge in [0.15, 0.2) is 0 Å². The summed E-state index contributed by atoms with van der Waals surface area (Å²) >= 11 is 12.3. The molecule has 1 saturated carbocycles. The average molecular weight is 373 g/mol. The van der Waals surface area contributed by atoms with Crippen LogP contribution in [-0.4, -0.2) is 16.9 Å². The largest absolute Gasteiger partial charge is 0.361 e. The van der Waals surface area contributed by atoms with Gasteiger partial charge in [-0.2, -0.15) is 0 Å². The zero-order valence-electron chi connectivity index (χ0n) is 13.6. The van der Waals surface area contributed by atoms with Crippen LogP contribution in [0.1, 0.15) is 36.3 Å². The van der Waals surface area contributed by atoms with Gasteiger partial charge in [-0.3, -0.25) is 4.79 Å². The van der Waals surface area contributed by atoms with Crippen LogP contribution in [-0.2, 0) is 4.79 Å². The van der Waals surface area contributed by atoms with E-state index in [-0.39, 0.29) is 11.8 Å². The number of rotatable bonds is 5. The number of hydrogen-bond donors (Lipinski definition) is 2. The number of amides is 1. The third kappa shape index (κ3) is 3.53. The predicted molar refractivity (Wildman–Crippen MR) is 102 cm³/mol. The van der Waals surface area contributed by atoms with E-state index in [1.165, 1.54) is 0 Å². The fraction of sp³-hybridized carbons (Fsp3) is 0.250. The number of fused-ring (bicyclic) bond motifs is 1. The molecule has 2 N–H and O–H groups in total. The maximum atomic E-state index is 12.5. The van der Waals surface area contributed by atoms with Crippen LogP contribution in [0.2, 0.25) is 10.0 Å². The standard InChI is InChI=1S/C20H18Cl2N2O/c21-17-8-5-12(9-18(17)22)15(10-20(25)24-13-6-7-13)16-11-23-19-4-2-1-3-14(16)19/h1-5,8-9,11,13,15,23H,6-7,10H2,(H,24,25)/t15-/m0/s1. The van der Waals surface area contributed by atoms with E-state index < -0.39 is 0 Å². The lowest BCUT2D eigenvalue weighted by atomic mass is 9.88. The van der Waals surface area contributed by atoms with E-state index in [9.17, 15) is 4.79 Å². The van der Waals surface area contributed by atoms with E-state index in [4.69, 9.17) is 23.2 Å². The van der Waals surface area contributed by atoms with E-state index >= 15 is 0 Å². The normalized spacial score (nSPS) is 15.3. The number of halogens is 2. The molecule has 0 aliphatic heterocycles. The predicted octanol–water partition coefficient (Wildman–Crippen LogP) is 5.28. The monoisotopic (exact) mass is 372 g/mol. The first-order valence-corrected chi connectivity index (χ1v) is 9.18. The zero-order chi connectivity index (χ0) is 17.4. The topological polar surface area (TPSA) is 44.9 Å². The average Bonchev–Trinajstić information content (AvgIpc) is 3.31. The van der Waals surface area contributed by atoms with Crippen LogP contribution < -0.4 is 5.32 Å². The van der Waals surface area contributed by atoms with Gasteiger partial charge in [0.25, 0.3) is 0 Å². The van der Waals surface area contributed by atoms with Crippen molar-refractivity contribution < 1.29 is 4.79 Å². The van der Waals surface area contributed by atoms with Crippen LogP contribution in [0.3, 0.4) is 0 Å². The number of carbonyl (C=O) groups is 1. The van der Waals surface area contributed by atoms with Crippen molar-refractivity contribution in [3.05, 3.63) is 69.8 Å². The molecule has 3 aromatic rings. The van der Waals surface area contributed by atoms with Crippen molar-refractivity contribution in [1.29, 1.82) is 0 Å². The fourth-order valence-electron chi connectivity index (χ4n) is 3.22. The summed E-state index contributed by atoms with van der Waals surface area (Å²) in [4.78, 5) is 15.8.